The van der Waals surface area contributed by atoms with Gasteiger partial charge in [0.2, 0.25) is 5.91 Å². The van der Waals surface area contributed by atoms with Gasteiger partial charge >= 0.3 is 5.97 Å². The van der Waals surface area contributed by atoms with Crippen LogP contribution in [0.1, 0.15) is 37.7 Å². The van der Waals surface area contributed by atoms with Crippen molar-refractivity contribution < 1.29 is 19.4 Å². The molecule has 1 aromatic rings. The van der Waals surface area contributed by atoms with Crippen LogP contribution in [0.5, 0.6) is 5.75 Å². The first kappa shape index (κ1) is 14.5. The van der Waals surface area contributed by atoms with Crippen LogP contribution in [-0.4, -0.2) is 41.1 Å². The van der Waals surface area contributed by atoms with Crippen LogP contribution in [0.4, 0.5) is 0 Å². The van der Waals surface area contributed by atoms with Crippen LogP contribution in [0.15, 0.2) is 24.3 Å². The van der Waals surface area contributed by atoms with Crippen molar-refractivity contribution >= 4 is 11.9 Å². The monoisotopic (exact) mass is 315 g/mol. The van der Waals surface area contributed by atoms with E-state index in [0.29, 0.717) is 13.2 Å². The maximum Gasteiger partial charge on any atom is 0.305 e. The zero-order valence-corrected chi connectivity index (χ0v) is 13.0. The number of hydrogen-bond donors (Lipinski definition) is 1. The van der Waals surface area contributed by atoms with E-state index >= 15 is 0 Å². The Balaban J connectivity index is 1.55. The van der Waals surface area contributed by atoms with Crippen LogP contribution >= 0.6 is 0 Å². The Bertz CT molecular complexity index is 658. The first-order valence-corrected chi connectivity index (χ1v) is 8.36. The average molecular weight is 315 g/mol. The Morgan fingerprint density at radius 2 is 2.17 bits per heavy atom. The van der Waals surface area contributed by atoms with Gasteiger partial charge in [-0.1, -0.05) is 18.2 Å². The van der Waals surface area contributed by atoms with Crippen molar-refractivity contribution in [2.45, 2.75) is 43.6 Å². The molecule has 1 aromatic carbocycles. The summed E-state index contributed by atoms with van der Waals surface area (Å²) in [6.07, 6.45) is 3.51. The van der Waals surface area contributed by atoms with E-state index in [9.17, 15) is 9.59 Å². The molecule has 0 aromatic heterocycles. The first-order valence-electron chi connectivity index (χ1n) is 8.36. The fraction of sp³-hybridized carbons (Fsp3) is 0.556. The molecule has 1 unspecified atom stereocenters. The number of rotatable bonds is 3. The molecule has 2 heterocycles. The third-order valence-corrected chi connectivity index (χ3v) is 5.67. The molecule has 23 heavy (non-hydrogen) atoms. The number of fused-ring (bicyclic) bond motifs is 2. The van der Waals surface area contributed by atoms with Gasteiger partial charge in [0.1, 0.15) is 5.75 Å². The predicted octanol–water partition coefficient (Wildman–Crippen LogP) is 2.19. The molecule has 4 rings (SSSR count). The second-order valence-corrected chi connectivity index (χ2v) is 6.93. The largest absolute Gasteiger partial charge is 0.493 e. The molecule has 1 amide bonds. The second-order valence-electron chi connectivity index (χ2n) is 6.93. The normalized spacial score (nSPS) is 31.6. The molecule has 1 aliphatic carbocycles. The molecule has 2 fully saturated rings. The lowest BCUT2D eigenvalue weighted by Crippen LogP contribution is -2.39. The maximum atomic E-state index is 13.0. The van der Waals surface area contributed by atoms with Crippen LogP contribution < -0.4 is 4.74 Å². The maximum absolute atomic E-state index is 13.0. The molecule has 0 bridgehead atoms. The molecule has 2 aliphatic heterocycles. The van der Waals surface area contributed by atoms with Gasteiger partial charge in [-0.15, -0.1) is 0 Å². The highest BCUT2D eigenvalue weighted by atomic mass is 16.5. The number of amides is 1. The summed E-state index contributed by atoms with van der Waals surface area (Å²) in [6, 6.07) is 7.87. The first-order chi connectivity index (χ1) is 11.1. The Hall–Kier alpha value is -2.04. The molecule has 3 aliphatic rings. The number of carbonyl (C=O) groups is 2. The van der Waals surface area contributed by atoms with Crippen molar-refractivity contribution in [1.29, 1.82) is 0 Å². The molecule has 5 nitrogen and oxygen atoms in total. The fourth-order valence-corrected chi connectivity index (χ4v) is 4.42. The van der Waals surface area contributed by atoms with Gasteiger partial charge in [0, 0.05) is 29.5 Å². The summed E-state index contributed by atoms with van der Waals surface area (Å²) in [4.78, 5) is 25.8. The fourth-order valence-electron chi connectivity index (χ4n) is 4.42. The highest BCUT2D eigenvalue weighted by Gasteiger charge is 2.62. The Morgan fingerprint density at radius 1 is 1.35 bits per heavy atom. The molecule has 1 spiro atoms. The topological polar surface area (TPSA) is 66.8 Å². The summed E-state index contributed by atoms with van der Waals surface area (Å²) in [5.74, 6) is 0.210. The number of carboxylic acids is 1. The second kappa shape index (κ2) is 5.25. The minimum atomic E-state index is -0.823. The van der Waals surface area contributed by atoms with Gasteiger partial charge in [0.25, 0.3) is 0 Å². The van der Waals surface area contributed by atoms with Crippen molar-refractivity contribution in [2.75, 3.05) is 13.2 Å². The molecule has 1 saturated heterocycles. The van der Waals surface area contributed by atoms with Gasteiger partial charge in [0.15, 0.2) is 0 Å². The van der Waals surface area contributed by atoms with Crippen LogP contribution in [0.3, 0.4) is 0 Å². The van der Waals surface area contributed by atoms with Crippen LogP contribution in [0.2, 0.25) is 0 Å². The van der Waals surface area contributed by atoms with E-state index in [0.717, 1.165) is 37.0 Å². The van der Waals surface area contributed by atoms with E-state index in [1.54, 1.807) is 0 Å². The minimum absolute atomic E-state index is 0.0121. The third-order valence-electron chi connectivity index (χ3n) is 5.67. The SMILES string of the molecule is O=C(O)CC1CCCN1C(=O)[C@@H]1C[C@]12CCOc1ccccc12. The number of para-hydroxylation sites is 1. The molecule has 5 heteroatoms. The lowest BCUT2D eigenvalue weighted by molar-refractivity contribution is -0.140. The lowest BCUT2D eigenvalue weighted by atomic mass is 9.87. The highest BCUT2D eigenvalue weighted by Crippen LogP contribution is 2.61. The summed E-state index contributed by atoms with van der Waals surface area (Å²) < 4.78 is 5.72. The zero-order valence-electron chi connectivity index (χ0n) is 13.0. The smallest absolute Gasteiger partial charge is 0.305 e. The molecule has 1 N–H and O–H groups in total. The van der Waals surface area contributed by atoms with Gasteiger partial charge in [0.05, 0.1) is 13.0 Å². The Morgan fingerprint density at radius 3 is 3.00 bits per heavy atom. The van der Waals surface area contributed by atoms with Crippen molar-refractivity contribution in [2.24, 2.45) is 5.92 Å². The number of carboxylic acid groups (broad SMARTS) is 1. The van der Waals surface area contributed by atoms with E-state index in [-0.39, 0.29) is 29.7 Å². The van der Waals surface area contributed by atoms with E-state index in [1.807, 2.05) is 23.1 Å². The Kier molecular flexibility index (Phi) is 3.32. The third kappa shape index (κ3) is 2.30. The molecule has 3 atom stereocenters. The minimum Gasteiger partial charge on any atom is -0.493 e. The molecule has 1 saturated carbocycles. The quantitative estimate of drug-likeness (QED) is 0.928. The van der Waals surface area contributed by atoms with Crippen LogP contribution in [0.25, 0.3) is 0 Å². The van der Waals surface area contributed by atoms with E-state index in [2.05, 4.69) is 6.07 Å². The number of carbonyl (C=O) groups excluding carboxylic acids is 1. The van der Waals surface area contributed by atoms with Crippen molar-refractivity contribution in [3.8, 4) is 5.75 Å². The average Bonchev–Trinajstić information content (AvgIpc) is 3.06. The van der Waals surface area contributed by atoms with Gasteiger partial charge < -0.3 is 14.7 Å². The van der Waals surface area contributed by atoms with Crippen molar-refractivity contribution in [1.82, 2.24) is 4.90 Å². The van der Waals surface area contributed by atoms with Crippen LogP contribution in [0, 0.1) is 5.92 Å². The van der Waals surface area contributed by atoms with Crippen molar-refractivity contribution in [3.05, 3.63) is 29.8 Å². The Labute approximate surface area is 135 Å². The number of likely N-dealkylation sites (tertiary alicyclic amines) is 1. The van der Waals surface area contributed by atoms with E-state index < -0.39 is 5.97 Å². The summed E-state index contributed by atoms with van der Waals surface area (Å²) in [7, 11) is 0. The molecular formula is C18H21NO4. The van der Waals surface area contributed by atoms with E-state index in [4.69, 9.17) is 9.84 Å². The highest BCUT2D eigenvalue weighted by molar-refractivity contribution is 5.86. The molecule has 122 valence electrons. The summed E-state index contributed by atoms with van der Waals surface area (Å²) in [6.45, 7) is 1.35. The zero-order chi connectivity index (χ0) is 16.0. The number of aliphatic carboxylic acids is 1. The molecular weight excluding hydrogens is 294 g/mol. The van der Waals surface area contributed by atoms with Crippen LogP contribution in [-0.2, 0) is 15.0 Å². The lowest BCUT2D eigenvalue weighted by Gasteiger charge is -2.29. The number of ether oxygens (including phenoxy) is 1. The number of nitrogens with zero attached hydrogens (tertiary/aromatic N) is 1. The summed E-state index contributed by atoms with van der Waals surface area (Å²) >= 11 is 0. The van der Waals surface area contributed by atoms with Gasteiger partial charge in [-0.3, -0.25) is 9.59 Å². The van der Waals surface area contributed by atoms with Gasteiger partial charge in [-0.2, -0.15) is 0 Å². The number of hydrogen-bond acceptors (Lipinski definition) is 3. The summed E-state index contributed by atoms with van der Waals surface area (Å²) in [5.41, 5.74) is 1.07. The summed E-state index contributed by atoms with van der Waals surface area (Å²) in [5, 5.41) is 9.05. The molecule has 0 radical (unpaired) electrons. The van der Waals surface area contributed by atoms with Crippen molar-refractivity contribution in [3.63, 3.8) is 0 Å². The van der Waals surface area contributed by atoms with Gasteiger partial charge in [-0.05, 0) is 31.7 Å². The standard InChI is InChI=1S/C18H21NO4/c20-16(21)10-12-4-3-8-19(12)17(22)14-11-18(14)7-9-23-15-6-2-1-5-13(15)18/h1-2,5-6,12,14H,3-4,7-11H2,(H,20,21)/t12?,14-,18-/m0/s1. The number of benzene rings is 1. The van der Waals surface area contributed by atoms with Gasteiger partial charge in [-0.25, -0.2) is 0 Å². The predicted molar refractivity (Wildman–Crippen MR) is 83.3 cm³/mol. The van der Waals surface area contributed by atoms with E-state index in [1.165, 1.54) is 0 Å².